The van der Waals surface area contributed by atoms with E-state index in [4.69, 9.17) is 0 Å². The van der Waals surface area contributed by atoms with Gasteiger partial charge in [-0.3, -0.25) is 0 Å². The van der Waals surface area contributed by atoms with Crippen molar-refractivity contribution in [1.82, 2.24) is 15.3 Å². The average Bonchev–Trinajstić information content (AvgIpc) is 2.93. The van der Waals surface area contributed by atoms with Crippen molar-refractivity contribution in [2.45, 2.75) is 26.3 Å². The molecule has 1 aromatic heterocycles. The number of sulfone groups is 1. The van der Waals surface area contributed by atoms with Crippen molar-refractivity contribution in [2.75, 3.05) is 18.1 Å². The molecular formula is C16H17F4N3O3S. The van der Waals surface area contributed by atoms with E-state index in [1.807, 2.05) is 0 Å². The van der Waals surface area contributed by atoms with Crippen molar-refractivity contribution in [3.63, 3.8) is 0 Å². The summed E-state index contributed by atoms with van der Waals surface area (Å²) in [5.41, 5.74) is 0.340. The molecule has 0 unspecified atom stereocenters. The maximum atomic E-state index is 13.7. The number of alkyl halides is 3. The van der Waals surface area contributed by atoms with E-state index in [0.29, 0.717) is 18.8 Å². The number of hydrogen-bond donors (Lipinski definition) is 2. The number of H-pyrrole nitrogens is 1. The second-order valence-electron chi connectivity index (χ2n) is 5.58. The zero-order valence-electron chi connectivity index (χ0n) is 14.3. The number of fused-ring (bicyclic) bond motifs is 1. The SMILES string of the molecule is CC#CCS(=O)(=O)CCCNCc1nc2cc(OC(F)(F)F)c(F)cc2[nH]1. The minimum Gasteiger partial charge on any atom is -0.403 e. The quantitative estimate of drug-likeness (QED) is 0.399. The molecule has 11 heteroatoms. The first-order chi connectivity index (χ1) is 12.6. The van der Waals surface area contributed by atoms with Gasteiger partial charge in [0, 0.05) is 12.1 Å². The van der Waals surface area contributed by atoms with Crippen LogP contribution in [-0.4, -0.2) is 42.8 Å². The van der Waals surface area contributed by atoms with E-state index in [0.717, 1.165) is 12.1 Å². The van der Waals surface area contributed by atoms with E-state index < -0.39 is 27.8 Å². The van der Waals surface area contributed by atoms with Crippen LogP contribution in [-0.2, 0) is 16.4 Å². The molecular weight excluding hydrogens is 390 g/mol. The highest BCUT2D eigenvalue weighted by Crippen LogP contribution is 2.28. The molecule has 2 aromatic rings. The predicted octanol–water partition coefficient (Wildman–Crippen LogP) is 2.52. The molecule has 1 heterocycles. The van der Waals surface area contributed by atoms with Crippen LogP contribution >= 0.6 is 0 Å². The number of rotatable bonds is 8. The van der Waals surface area contributed by atoms with Crippen LogP contribution in [0.1, 0.15) is 19.2 Å². The second kappa shape index (κ2) is 8.58. The van der Waals surface area contributed by atoms with E-state index in [9.17, 15) is 26.0 Å². The van der Waals surface area contributed by atoms with Crippen molar-refractivity contribution >= 4 is 20.9 Å². The first-order valence-electron chi connectivity index (χ1n) is 7.84. The molecule has 0 aliphatic carbocycles. The van der Waals surface area contributed by atoms with E-state index in [1.54, 1.807) is 6.92 Å². The Labute approximate surface area is 153 Å². The van der Waals surface area contributed by atoms with E-state index in [1.165, 1.54) is 0 Å². The topological polar surface area (TPSA) is 84.1 Å². The summed E-state index contributed by atoms with van der Waals surface area (Å²) in [5.74, 6) is 3.09. The van der Waals surface area contributed by atoms with Gasteiger partial charge in [-0.05, 0) is 19.9 Å². The number of hydrogen-bond acceptors (Lipinski definition) is 5. The highest BCUT2D eigenvalue weighted by atomic mass is 32.2. The Morgan fingerprint density at radius 1 is 1.33 bits per heavy atom. The molecule has 0 saturated carbocycles. The van der Waals surface area contributed by atoms with Gasteiger partial charge in [-0.25, -0.2) is 17.8 Å². The predicted molar refractivity (Wildman–Crippen MR) is 91.2 cm³/mol. The fraction of sp³-hybridized carbons (Fsp3) is 0.438. The summed E-state index contributed by atoms with van der Waals surface area (Å²) in [4.78, 5) is 6.84. The first-order valence-corrected chi connectivity index (χ1v) is 9.66. The van der Waals surface area contributed by atoms with Crippen LogP contribution in [0.2, 0.25) is 0 Å². The molecule has 0 aliphatic heterocycles. The molecule has 0 saturated heterocycles. The van der Waals surface area contributed by atoms with Crippen molar-refractivity contribution in [2.24, 2.45) is 0 Å². The van der Waals surface area contributed by atoms with Crippen LogP contribution in [0, 0.1) is 17.7 Å². The third-order valence-corrected chi connectivity index (χ3v) is 4.88. The van der Waals surface area contributed by atoms with Gasteiger partial charge in [0.1, 0.15) is 11.6 Å². The van der Waals surface area contributed by atoms with Crippen LogP contribution in [0.5, 0.6) is 5.75 Å². The number of halogens is 4. The molecule has 6 nitrogen and oxygen atoms in total. The highest BCUT2D eigenvalue weighted by molar-refractivity contribution is 7.91. The Kier molecular flexibility index (Phi) is 6.67. The van der Waals surface area contributed by atoms with Gasteiger partial charge in [0.15, 0.2) is 21.4 Å². The molecule has 0 atom stereocenters. The maximum Gasteiger partial charge on any atom is 0.573 e. The number of nitrogens with one attached hydrogen (secondary N) is 2. The molecule has 0 bridgehead atoms. The maximum absolute atomic E-state index is 13.7. The average molecular weight is 407 g/mol. The number of benzene rings is 1. The Morgan fingerprint density at radius 2 is 2.07 bits per heavy atom. The normalized spacial score (nSPS) is 12.0. The molecule has 148 valence electrons. The molecule has 0 amide bonds. The zero-order valence-corrected chi connectivity index (χ0v) is 15.1. The number of nitrogens with zero attached hydrogens (tertiary/aromatic N) is 1. The molecule has 0 spiro atoms. The van der Waals surface area contributed by atoms with Crippen molar-refractivity contribution in [1.29, 1.82) is 0 Å². The largest absolute Gasteiger partial charge is 0.573 e. The van der Waals surface area contributed by atoms with Crippen molar-refractivity contribution < 1.29 is 30.7 Å². The van der Waals surface area contributed by atoms with Crippen LogP contribution in [0.3, 0.4) is 0 Å². The minimum atomic E-state index is -5.00. The fourth-order valence-electron chi connectivity index (χ4n) is 2.23. The van der Waals surface area contributed by atoms with Gasteiger partial charge in [-0.2, -0.15) is 0 Å². The van der Waals surface area contributed by atoms with Crippen LogP contribution in [0.25, 0.3) is 11.0 Å². The van der Waals surface area contributed by atoms with Gasteiger partial charge in [0.05, 0.1) is 23.3 Å². The summed E-state index contributed by atoms with van der Waals surface area (Å²) in [6, 6.07) is 1.73. The van der Waals surface area contributed by atoms with Gasteiger partial charge in [-0.1, -0.05) is 5.92 Å². The smallest absolute Gasteiger partial charge is 0.403 e. The summed E-state index contributed by atoms with van der Waals surface area (Å²) < 4.78 is 77.2. The molecule has 1 aromatic carbocycles. The van der Waals surface area contributed by atoms with Crippen LogP contribution in [0.15, 0.2) is 12.1 Å². The number of imidazole rings is 1. The summed E-state index contributed by atoms with van der Waals surface area (Å²) in [6.07, 6.45) is -4.63. The molecule has 2 rings (SSSR count). The second-order valence-corrected chi connectivity index (χ2v) is 7.76. The van der Waals surface area contributed by atoms with Crippen LogP contribution in [0.4, 0.5) is 17.6 Å². The first kappa shape index (κ1) is 21.0. The Bertz CT molecular complexity index is 959. The van der Waals surface area contributed by atoms with E-state index in [2.05, 4.69) is 31.9 Å². The van der Waals surface area contributed by atoms with Gasteiger partial charge in [0.2, 0.25) is 0 Å². The summed E-state index contributed by atoms with van der Waals surface area (Å²) >= 11 is 0. The lowest BCUT2D eigenvalue weighted by molar-refractivity contribution is -0.275. The summed E-state index contributed by atoms with van der Waals surface area (Å²) in [5, 5.41) is 2.96. The zero-order chi connectivity index (χ0) is 20.1. The molecule has 0 aliphatic rings. The monoisotopic (exact) mass is 407 g/mol. The molecule has 0 fully saturated rings. The molecule has 27 heavy (non-hydrogen) atoms. The minimum absolute atomic E-state index is 0.0157. The summed E-state index contributed by atoms with van der Waals surface area (Å²) in [7, 11) is -3.22. The van der Waals surface area contributed by atoms with Gasteiger partial charge in [0.25, 0.3) is 0 Å². The van der Waals surface area contributed by atoms with Crippen molar-refractivity contribution in [3.8, 4) is 17.6 Å². The number of ether oxygens (including phenoxy) is 1. The number of aromatic amines is 1. The highest BCUT2D eigenvalue weighted by Gasteiger charge is 2.32. The summed E-state index contributed by atoms with van der Waals surface area (Å²) in [6.45, 7) is 2.15. The lowest BCUT2D eigenvalue weighted by atomic mass is 10.3. The van der Waals surface area contributed by atoms with Gasteiger partial charge in [-0.15, -0.1) is 19.1 Å². The van der Waals surface area contributed by atoms with E-state index >= 15 is 0 Å². The third-order valence-electron chi connectivity index (χ3n) is 3.38. The Morgan fingerprint density at radius 3 is 2.74 bits per heavy atom. The third kappa shape index (κ3) is 6.73. The molecule has 2 N–H and O–H groups in total. The van der Waals surface area contributed by atoms with E-state index in [-0.39, 0.29) is 29.1 Å². The standard InChI is InChI=1S/C16H17F4N3O3S/c1-2-3-6-27(24,25)7-4-5-21-10-15-22-12-8-11(17)14(9-13(12)23-15)26-16(18,19)20/h8-9,21H,4-7,10H2,1H3,(H,22,23). The Hall–Kier alpha value is -2.32. The molecule has 0 radical (unpaired) electrons. The Balaban J connectivity index is 1.91. The van der Waals surface area contributed by atoms with Gasteiger partial charge < -0.3 is 15.0 Å². The fourth-order valence-corrected chi connectivity index (χ4v) is 3.32. The lowest BCUT2D eigenvalue weighted by Crippen LogP contribution is -2.19. The number of aromatic nitrogens is 2. The van der Waals surface area contributed by atoms with Crippen LogP contribution < -0.4 is 10.1 Å². The van der Waals surface area contributed by atoms with Crippen molar-refractivity contribution in [3.05, 3.63) is 23.8 Å². The lowest BCUT2D eigenvalue weighted by Gasteiger charge is -2.09. The van der Waals surface area contributed by atoms with Gasteiger partial charge >= 0.3 is 6.36 Å².